The highest BCUT2D eigenvalue weighted by atomic mass is 16.5. The molecule has 4 rings (SSSR count). The van der Waals surface area contributed by atoms with Gasteiger partial charge in [-0.1, -0.05) is 42.0 Å². The average molecular weight is 398 g/mol. The lowest BCUT2D eigenvalue weighted by atomic mass is 9.91. The molecule has 3 heterocycles. The zero-order chi connectivity index (χ0) is 20.4. The molecule has 0 N–H and O–H groups in total. The number of nitrogens with zero attached hydrogens (tertiary/aromatic N) is 3. The molecule has 3 saturated heterocycles. The number of morpholine rings is 1. The molecule has 3 fully saturated rings. The molecule has 0 aliphatic carbocycles. The number of carbonyl (C=O) groups is 2. The lowest BCUT2D eigenvalue weighted by Gasteiger charge is -2.40. The van der Waals surface area contributed by atoms with Crippen molar-refractivity contribution < 1.29 is 14.3 Å². The molecular weight excluding hydrogens is 366 g/mol. The van der Waals surface area contributed by atoms with Crippen LogP contribution in [-0.4, -0.2) is 78.5 Å². The predicted octanol–water partition coefficient (Wildman–Crippen LogP) is 2.09. The Kier molecular flexibility index (Phi) is 6.01. The first-order chi connectivity index (χ1) is 14.0. The van der Waals surface area contributed by atoms with Gasteiger partial charge in [-0.15, -0.1) is 0 Å². The Morgan fingerprint density at radius 1 is 1.17 bits per heavy atom. The second-order valence-electron chi connectivity index (χ2n) is 8.57. The number of allylic oxidation sites excluding steroid dienone is 1. The molecule has 0 radical (unpaired) electrons. The van der Waals surface area contributed by atoms with Crippen molar-refractivity contribution in [1.82, 2.24) is 14.7 Å². The minimum absolute atomic E-state index is 0.0852. The molecule has 2 amide bonds. The van der Waals surface area contributed by atoms with Crippen molar-refractivity contribution in [2.24, 2.45) is 5.92 Å². The SMILES string of the molecule is CC(C)=CCN1CC(=O)N2[C@H](C[C@@H](C(=O)N3CCOCC3)[C@H]2c2ccccc2)C1. The maximum Gasteiger partial charge on any atom is 0.237 e. The molecule has 6 nitrogen and oxygen atoms in total. The molecule has 3 aliphatic rings. The number of carbonyl (C=O) groups excluding carboxylic acids is 2. The summed E-state index contributed by atoms with van der Waals surface area (Å²) in [4.78, 5) is 32.8. The zero-order valence-electron chi connectivity index (χ0n) is 17.4. The molecule has 3 aliphatic heterocycles. The lowest BCUT2D eigenvalue weighted by Crippen LogP contribution is -2.54. The van der Waals surface area contributed by atoms with Gasteiger partial charge in [0.25, 0.3) is 0 Å². The normalized spacial score (nSPS) is 27.7. The summed E-state index contributed by atoms with van der Waals surface area (Å²) in [7, 11) is 0. The van der Waals surface area contributed by atoms with Crippen LogP contribution < -0.4 is 0 Å². The summed E-state index contributed by atoms with van der Waals surface area (Å²) in [5, 5.41) is 0. The summed E-state index contributed by atoms with van der Waals surface area (Å²) in [6.45, 7) is 8.66. The van der Waals surface area contributed by atoms with Crippen molar-refractivity contribution in [3.63, 3.8) is 0 Å². The van der Waals surface area contributed by atoms with Crippen LogP contribution >= 0.6 is 0 Å². The van der Waals surface area contributed by atoms with Gasteiger partial charge in [0.2, 0.25) is 11.8 Å². The number of rotatable bonds is 4. The molecule has 0 saturated carbocycles. The first-order valence-electron chi connectivity index (χ1n) is 10.6. The third kappa shape index (κ3) is 4.23. The van der Waals surface area contributed by atoms with Gasteiger partial charge < -0.3 is 14.5 Å². The first kappa shape index (κ1) is 20.1. The van der Waals surface area contributed by atoms with Gasteiger partial charge in [0.1, 0.15) is 0 Å². The number of hydrogen-bond donors (Lipinski definition) is 0. The quantitative estimate of drug-likeness (QED) is 0.730. The lowest BCUT2D eigenvalue weighted by molar-refractivity contribution is -0.143. The van der Waals surface area contributed by atoms with Crippen LogP contribution in [0.5, 0.6) is 0 Å². The van der Waals surface area contributed by atoms with Gasteiger partial charge in [-0.3, -0.25) is 14.5 Å². The van der Waals surface area contributed by atoms with E-state index in [1.807, 2.05) is 28.0 Å². The van der Waals surface area contributed by atoms with E-state index in [2.05, 4.69) is 37.0 Å². The van der Waals surface area contributed by atoms with E-state index in [9.17, 15) is 9.59 Å². The van der Waals surface area contributed by atoms with Gasteiger partial charge in [0.05, 0.1) is 31.7 Å². The van der Waals surface area contributed by atoms with E-state index in [0.29, 0.717) is 32.8 Å². The summed E-state index contributed by atoms with van der Waals surface area (Å²) >= 11 is 0. The number of amides is 2. The van der Waals surface area contributed by atoms with Crippen molar-refractivity contribution >= 4 is 11.8 Å². The van der Waals surface area contributed by atoms with Gasteiger partial charge >= 0.3 is 0 Å². The first-order valence-corrected chi connectivity index (χ1v) is 10.6. The highest BCUT2D eigenvalue weighted by Crippen LogP contribution is 2.43. The van der Waals surface area contributed by atoms with Gasteiger partial charge in [-0.2, -0.15) is 0 Å². The van der Waals surface area contributed by atoms with E-state index in [-0.39, 0.29) is 29.8 Å². The summed E-state index contributed by atoms with van der Waals surface area (Å²) in [5.74, 6) is 0.114. The summed E-state index contributed by atoms with van der Waals surface area (Å²) < 4.78 is 5.43. The Hall–Kier alpha value is -2.18. The van der Waals surface area contributed by atoms with Crippen LogP contribution in [-0.2, 0) is 14.3 Å². The molecule has 0 bridgehead atoms. The predicted molar refractivity (Wildman–Crippen MR) is 111 cm³/mol. The molecular formula is C23H31N3O3. The number of ether oxygens (including phenoxy) is 1. The summed E-state index contributed by atoms with van der Waals surface area (Å²) in [6, 6.07) is 9.98. The van der Waals surface area contributed by atoms with Crippen molar-refractivity contribution in [3.05, 3.63) is 47.5 Å². The Labute approximate surface area is 173 Å². The number of hydrogen-bond acceptors (Lipinski definition) is 4. The summed E-state index contributed by atoms with van der Waals surface area (Å²) in [6.07, 6.45) is 2.90. The third-order valence-electron chi connectivity index (χ3n) is 6.25. The smallest absolute Gasteiger partial charge is 0.237 e. The standard InChI is InChI=1S/C23H31N3O3/c1-17(2)8-9-24-15-19-14-20(23(28)25-10-12-29-13-11-25)22(26(19)21(27)16-24)18-6-4-3-5-7-18/h3-8,19-20,22H,9-16H2,1-2H3/t19-,20-,22-/m1/s1. The molecule has 29 heavy (non-hydrogen) atoms. The highest BCUT2D eigenvalue weighted by Gasteiger charge is 2.50. The van der Waals surface area contributed by atoms with Gasteiger partial charge in [-0.05, 0) is 25.8 Å². The third-order valence-corrected chi connectivity index (χ3v) is 6.25. The number of fused-ring (bicyclic) bond motifs is 1. The van der Waals surface area contributed by atoms with Gasteiger partial charge in [-0.25, -0.2) is 0 Å². The molecule has 0 unspecified atom stereocenters. The largest absolute Gasteiger partial charge is 0.378 e. The highest BCUT2D eigenvalue weighted by molar-refractivity contribution is 5.85. The van der Waals surface area contributed by atoms with Crippen LogP contribution in [0.15, 0.2) is 42.0 Å². The number of piperazine rings is 1. The Morgan fingerprint density at radius 3 is 2.59 bits per heavy atom. The summed E-state index contributed by atoms with van der Waals surface area (Å²) in [5.41, 5.74) is 2.32. The molecule has 1 aromatic carbocycles. The van der Waals surface area contributed by atoms with Crippen LogP contribution in [0.2, 0.25) is 0 Å². The Balaban J connectivity index is 1.60. The van der Waals surface area contributed by atoms with E-state index in [4.69, 9.17) is 4.74 Å². The van der Waals surface area contributed by atoms with Crippen LogP contribution in [0.4, 0.5) is 0 Å². The van der Waals surface area contributed by atoms with Crippen LogP contribution in [0.3, 0.4) is 0 Å². The van der Waals surface area contributed by atoms with Crippen LogP contribution in [0.1, 0.15) is 31.9 Å². The van der Waals surface area contributed by atoms with Crippen molar-refractivity contribution in [2.75, 3.05) is 45.9 Å². The Morgan fingerprint density at radius 2 is 1.90 bits per heavy atom. The number of benzene rings is 1. The van der Waals surface area contributed by atoms with E-state index in [0.717, 1.165) is 25.1 Å². The average Bonchev–Trinajstić information content (AvgIpc) is 3.13. The topological polar surface area (TPSA) is 53.1 Å². The van der Waals surface area contributed by atoms with Crippen LogP contribution in [0, 0.1) is 5.92 Å². The minimum Gasteiger partial charge on any atom is -0.378 e. The molecule has 3 atom stereocenters. The van der Waals surface area contributed by atoms with Crippen LogP contribution in [0.25, 0.3) is 0 Å². The molecule has 0 spiro atoms. The molecule has 6 heteroatoms. The van der Waals surface area contributed by atoms with Crippen molar-refractivity contribution in [2.45, 2.75) is 32.4 Å². The van der Waals surface area contributed by atoms with Crippen molar-refractivity contribution in [1.29, 1.82) is 0 Å². The molecule has 1 aromatic rings. The zero-order valence-corrected chi connectivity index (χ0v) is 17.4. The monoisotopic (exact) mass is 397 g/mol. The van der Waals surface area contributed by atoms with Crippen molar-refractivity contribution in [3.8, 4) is 0 Å². The van der Waals surface area contributed by atoms with Gasteiger partial charge in [0, 0.05) is 32.2 Å². The second kappa shape index (κ2) is 8.67. The van der Waals surface area contributed by atoms with E-state index in [1.165, 1.54) is 5.57 Å². The van der Waals surface area contributed by atoms with Gasteiger partial charge in [0.15, 0.2) is 0 Å². The molecule has 0 aromatic heterocycles. The molecule has 156 valence electrons. The fraction of sp³-hybridized carbons (Fsp3) is 0.565. The van der Waals surface area contributed by atoms with E-state index < -0.39 is 0 Å². The minimum atomic E-state index is -0.187. The maximum atomic E-state index is 13.4. The van der Waals surface area contributed by atoms with E-state index in [1.54, 1.807) is 0 Å². The fourth-order valence-corrected chi connectivity index (χ4v) is 4.86. The van der Waals surface area contributed by atoms with E-state index >= 15 is 0 Å². The Bertz CT molecular complexity index is 769. The fourth-order valence-electron chi connectivity index (χ4n) is 4.86. The second-order valence-corrected chi connectivity index (χ2v) is 8.57. The maximum absolute atomic E-state index is 13.4.